The Morgan fingerprint density at radius 2 is 1.81 bits per heavy atom. The molecule has 0 aliphatic heterocycles. The summed E-state index contributed by atoms with van der Waals surface area (Å²) in [5.41, 5.74) is 3.19. The predicted octanol–water partition coefficient (Wildman–Crippen LogP) is 3.31. The molecule has 21 heavy (non-hydrogen) atoms. The maximum atomic E-state index is 11.9. The van der Waals surface area contributed by atoms with E-state index in [4.69, 9.17) is 4.74 Å². The van der Waals surface area contributed by atoms with Gasteiger partial charge in [0.2, 0.25) is 5.91 Å². The lowest BCUT2D eigenvalue weighted by atomic mass is 10.1. The first-order valence-corrected chi connectivity index (χ1v) is 6.65. The van der Waals surface area contributed by atoms with Crippen molar-refractivity contribution >= 4 is 17.6 Å². The Hall–Kier alpha value is -2.62. The largest absolute Gasteiger partial charge is 0.457 e. The summed E-state index contributed by atoms with van der Waals surface area (Å²) in [5.74, 6) is -0.532. The first-order chi connectivity index (χ1) is 10.0. The number of esters is 1. The molecule has 2 aromatic rings. The Labute approximate surface area is 123 Å². The zero-order valence-electron chi connectivity index (χ0n) is 12.1. The van der Waals surface area contributed by atoms with Gasteiger partial charge in [-0.25, -0.2) is 4.79 Å². The van der Waals surface area contributed by atoms with Gasteiger partial charge in [0.25, 0.3) is 0 Å². The SMILES string of the molecule is CC(=O)Nc1ccc(C(=O)OCc2cccc(C)c2)cc1. The molecule has 0 unspecified atom stereocenters. The summed E-state index contributed by atoms with van der Waals surface area (Å²) in [6.45, 7) is 3.67. The predicted molar refractivity (Wildman–Crippen MR) is 81.0 cm³/mol. The number of aryl methyl sites for hydroxylation is 1. The van der Waals surface area contributed by atoms with Crippen LogP contribution in [0.5, 0.6) is 0 Å². The summed E-state index contributed by atoms with van der Waals surface area (Å²) in [6.07, 6.45) is 0. The van der Waals surface area contributed by atoms with E-state index in [0.29, 0.717) is 11.3 Å². The van der Waals surface area contributed by atoms with E-state index in [2.05, 4.69) is 5.32 Å². The lowest BCUT2D eigenvalue weighted by Gasteiger charge is -2.07. The van der Waals surface area contributed by atoms with Gasteiger partial charge in [-0.1, -0.05) is 29.8 Å². The third kappa shape index (κ3) is 4.45. The van der Waals surface area contributed by atoms with E-state index < -0.39 is 0 Å². The van der Waals surface area contributed by atoms with Crippen molar-refractivity contribution in [1.82, 2.24) is 0 Å². The van der Waals surface area contributed by atoms with Crippen molar-refractivity contribution in [2.45, 2.75) is 20.5 Å². The second-order valence-electron chi connectivity index (χ2n) is 4.82. The number of carbonyl (C=O) groups excluding carboxylic acids is 2. The van der Waals surface area contributed by atoms with Gasteiger partial charge in [0.05, 0.1) is 5.56 Å². The van der Waals surface area contributed by atoms with Crippen LogP contribution < -0.4 is 5.32 Å². The highest BCUT2D eigenvalue weighted by Gasteiger charge is 2.07. The van der Waals surface area contributed by atoms with E-state index in [9.17, 15) is 9.59 Å². The number of amides is 1. The third-order valence-corrected chi connectivity index (χ3v) is 2.89. The summed E-state index contributed by atoms with van der Waals surface area (Å²) in [7, 11) is 0. The highest BCUT2D eigenvalue weighted by Crippen LogP contribution is 2.12. The molecule has 2 rings (SSSR count). The fourth-order valence-electron chi connectivity index (χ4n) is 1.93. The van der Waals surface area contributed by atoms with E-state index in [0.717, 1.165) is 11.1 Å². The average molecular weight is 283 g/mol. The van der Waals surface area contributed by atoms with Gasteiger partial charge in [-0.3, -0.25) is 4.79 Å². The second kappa shape index (κ2) is 6.70. The van der Waals surface area contributed by atoms with Crippen LogP contribution >= 0.6 is 0 Å². The molecule has 0 saturated heterocycles. The fraction of sp³-hybridized carbons (Fsp3) is 0.176. The van der Waals surface area contributed by atoms with Crippen LogP contribution in [0.15, 0.2) is 48.5 Å². The summed E-state index contributed by atoms with van der Waals surface area (Å²) in [6, 6.07) is 14.4. The lowest BCUT2D eigenvalue weighted by molar-refractivity contribution is -0.114. The molecule has 4 heteroatoms. The highest BCUT2D eigenvalue weighted by atomic mass is 16.5. The zero-order chi connectivity index (χ0) is 15.2. The minimum absolute atomic E-state index is 0.148. The number of anilines is 1. The first kappa shape index (κ1) is 14.8. The van der Waals surface area contributed by atoms with E-state index in [-0.39, 0.29) is 18.5 Å². The van der Waals surface area contributed by atoms with Crippen molar-refractivity contribution in [1.29, 1.82) is 0 Å². The molecule has 1 amide bonds. The van der Waals surface area contributed by atoms with E-state index >= 15 is 0 Å². The summed E-state index contributed by atoms with van der Waals surface area (Å²) in [5, 5.41) is 2.64. The minimum Gasteiger partial charge on any atom is -0.457 e. The van der Waals surface area contributed by atoms with Crippen molar-refractivity contribution < 1.29 is 14.3 Å². The summed E-state index contributed by atoms with van der Waals surface area (Å²) < 4.78 is 5.26. The molecular formula is C17H17NO3. The Kier molecular flexibility index (Phi) is 4.72. The molecule has 0 spiro atoms. The number of rotatable bonds is 4. The molecular weight excluding hydrogens is 266 g/mol. The van der Waals surface area contributed by atoms with Crippen LogP contribution in [0.25, 0.3) is 0 Å². The molecule has 0 aliphatic carbocycles. The summed E-state index contributed by atoms with van der Waals surface area (Å²) in [4.78, 5) is 22.8. The van der Waals surface area contributed by atoms with Crippen LogP contribution in [-0.2, 0) is 16.1 Å². The first-order valence-electron chi connectivity index (χ1n) is 6.65. The van der Waals surface area contributed by atoms with Crippen LogP contribution in [0.1, 0.15) is 28.4 Å². The fourth-order valence-corrected chi connectivity index (χ4v) is 1.93. The van der Waals surface area contributed by atoms with Gasteiger partial charge in [-0.2, -0.15) is 0 Å². The van der Waals surface area contributed by atoms with Crippen LogP contribution in [0.3, 0.4) is 0 Å². The molecule has 108 valence electrons. The summed E-state index contributed by atoms with van der Waals surface area (Å²) >= 11 is 0. The van der Waals surface area contributed by atoms with E-state index in [1.54, 1.807) is 24.3 Å². The number of benzene rings is 2. The number of hydrogen-bond acceptors (Lipinski definition) is 3. The standard InChI is InChI=1S/C17H17NO3/c1-12-4-3-5-14(10-12)11-21-17(20)15-6-8-16(9-7-15)18-13(2)19/h3-10H,11H2,1-2H3,(H,18,19). The van der Waals surface area contributed by atoms with Crippen molar-refractivity contribution in [3.8, 4) is 0 Å². The van der Waals surface area contributed by atoms with Gasteiger partial charge in [0.1, 0.15) is 6.61 Å². The molecule has 4 nitrogen and oxygen atoms in total. The molecule has 0 bridgehead atoms. The zero-order valence-corrected chi connectivity index (χ0v) is 12.1. The molecule has 2 aromatic carbocycles. The topological polar surface area (TPSA) is 55.4 Å². The van der Waals surface area contributed by atoms with Crippen LogP contribution in [0.4, 0.5) is 5.69 Å². The van der Waals surface area contributed by atoms with Gasteiger partial charge >= 0.3 is 5.97 Å². The molecule has 0 atom stereocenters. The molecule has 0 aliphatic rings. The van der Waals surface area contributed by atoms with E-state index in [1.165, 1.54) is 6.92 Å². The van der Waals surface area contributed by atoms with Gasteiger partial charge in [-0.15, -0.1) is 0 Å². The average Bonchev–Trinajstić information content (AvgIpc) is 2.45. The maximum Gasteiger partial charge on any atom is 0.338 e. The monoisotopic (exact) mass is 283 g/mol. The van der Waals surface area contributed by atoms with E-state index in [1.807, 2.05) is 31.2 Å². The Balaban J connectivity index is 1.95. The number of carbonyl (C=O) groups is 2. The Bertz CT molecular complexity index is 647. The van der Waals surface area contributed by atoms with Crippen molar-refractivity contribution in [2.75, 3.05) is 5.32 Å². The lowest BCUT2D eigenvalue weighted by Crippen LogP contribution is -2.07. The number of ether oxygens (including phenoxy) is 1. The molecule has 0 heterocycles. The maximum absolute atomic E-state index is 11.9. The molecule has 0 fully saturated rings. The van der Waals surface area contributed by atoms with Gasteiger partial charge in [0.15, 0.2) is 0 Å². The van der Waals surface area contributed by atoms with Crippen LogP contribution in [0, 0.1) is 6.92 Å². The Morgan fingerprint density at radius 1 is 1.10 bits per heavy atom. The van der Waals surface area contributed by atoms with Crippen molar-refractivity contribution in [3.05, 3.63) is 65.2 Å². The normalized spacial score (nSPS) is 10.0. The van der Waals surface area contributed by atoms with Crippen LogP contribution in [-0.4, -0.2) is 11.9 Å². The number of nitrogens with one attached hydrogen (secondary N) is 1. The van der Waals surface area contributed by atoms with Crippen LogP contribution in [0.2, 0.25) is 0 Å². The molecule has 0 aromatic heterocycles. The molecule has 1 N–H and O–H groups in total. The Morgan fingerprint density at radius 3 is 2.43 bits per heavy atom. The van der Waals surface area contributed by atoms with Gasteiger partial charge in [0, 0.05) is 12.6 Å². The van der Waals surface area contributed by atoms with Gasteiger partial charge in [-0.05, 0) is 36.8 Å². The van der Waals surface area contributed by atoms with Gasteiger partial charge < -0.3 is 10.1 Å². The smallest absolute Gasteiger partial charge is 0.338 e. The quantitative estimate of drug-likeness (QED) is 0.876. The minimum atomic E-state index is -0.383. The third-order valence-electron chi connectivity index (χ3n) is 2.89. The molecule has 0 saturated carbocycles. The highest BCUT2D eigenvalue weighted by molar-refractivity contribution is 5.92. The second-order valence-corrected chi connectivity index (χ2v) is 4.82. The molecule has 0 radical (unpaired) electrons. The van der Waals surface area contributed by atoms with Crippen molar-refractivity contribution in [2.24, 2.45) is 0 Å². The van der Waals surface area contributed by atoms with Crippen molar-refractivity contribution in [3.63, 3.8) is 0 Å². The number of hydrogen-bond donors (Lipinski definition) is 1.